The van der Waals surface area contributed by atoms with Crippen LogP contribution in [0.4, 0.5) is 5.69 Å². The number of nitrogens with zero attached hydrogens (tertiary/aromatic N) is 2. The molecule has 0 spiro atoms. The van der Waals surface area contributed by atoms with Crippen molar-refractivity contribution in [2.45, 2.75) is 26.8 Å². The molecule has 1 aromatic carbocycles. The summed E-state index contributed by atoms with van der Waals surface area (Å²) in [6.07, 6.45) is 3.20. The van der Waals surface area contributed by atoms with Gasteiger partial charge in [-0.05, 0) is 49.7 Å². The highest BCUT2D eigenvalue weighted by molar-refractivity contribution is 6.04. The molecule has 3 rings (SSSR count). The molecule has 1 amide bonds. The van der Waals surface area contributed by atoms with Crippen LogP contribution >= 0.6 is 0 Å². The Bertz CT molecular complexity index is 826. The largest absolute Gasteiger partial charge is 0.347 e. The summed E-state index contributed by atoms with van der Waals surface area (Å²) in [5.74, 6) is -0.0806. The molecule has 0 bridgehead atoms. The second-order valence-electron chi connectivity index (χ2n) is 5.66. The quantitative estimate of drug-likeness (QED) is 0.777. The molecule has 0 radical (unpaired) electrons. The monoisotopic (exact) mass is 295 g/mol. The molecule has 1 N–H and O–H groups in total. The van der Waals surface area contributed by atoms with Gasteiger partial charge in [-0.1, -0.05) is 6.92 Å². The van der Waals surface area contributed by atoms with Crippen LogP contribution in [0, 0.1) is 6.92 Å². The Kier molecular flexibility index (Phi) is 3.75. The number of hydrogen-bond donors (Lipinski definition) is 1. The summed E-state index contributed by atoms with van der Waals surface area (Å²) in [5, 5.41) is 4.12. The molecule has 4 nitrogen and oxygen atoms in total. The second-order valence-corrected chi connectivity index (χ2v) is 5.66. The van der Waals surface area contributed by atoms with Gasteiger partial charge in [0.05, 0.1) is 0 Å². The number of benzene rings is 1. The molecule has 0 aliphatic carbocycles. The Morgan fingerprint density at radius 2 is 2.00 bits per heavy atom. The van der Waals surface area contributed by atoms with Crippen LogP contribution in [0.3, 0.4) is 0 Å². The first-order valence-electron chi connectivity index (χ1n) is 7.62. The van der Waals surface area contributed by atoms with Crippen LogP contribution in [-0.2, 0) is 13.6 Å². The average molecular weight is 295 g/mol. The Balaban J connectivity index is 1.85. The van der Waals surface area contributed by atoms with Crippen molar-refractivity contribution in [1.29, 1.82) is 0 Å². The SMILES string of the molecule is CCCn1ccc2cc(NC(=O)c3ccc(C)n3C)ccc21. The Morgan fingerprint density at radius 3 is 2.68 bits per heavy atom. The number of nitrogens with one attached hydrogen (secondary N) is 1. The lowest BCUT2D eigenvalue weighted by Crippen LogP contribution is -2.15. The number of fused-ring (bicyclic) bond motifs is 1. The predicted molar refractivity (Wildman–Crippen MR) is 90.3 cm³/mol. The maximum Gasteiger partial charge on any atom is 0.272 e. The lowest BCUT2D eigenvalue weighted by atomic mass is 10.2. The number of aromatic nitrogens is 2. The third kappa shape index (κ3) is 2.52. The van der Waals surface area contributed by atoms with Gasteiger partial charge in [-0.2, -0.15) is 0 Å². The van der Waals surface area contributed by atoms with E-state index in [4.69, 9.17) is 0 Å². The minimum Gasteiger partial charge on any atom is -0.347 e. The van der Waals surface area contributed by atoms with E-state index < -0.39 is 0 Å². The summed E-state index contributed by atoms with van der Waals surface area (Å²) in [5.41, 5.74) is 3.76. The molecule has 0 fully saturated rings. The van der Waals surface area contributed by atoms with Crippen molar-refractivity contribution in [3.63, 3.8) is 0 Å². The first-order valence-corrected chi connectivity index (χ1v) is 7.62. The van der Waals surface area contributed by atoms with Gasteiger partial charge in [0.25, 0.3) is 5.91 Å². The summed E-state index contributed by atoms with van der Waals surface area (Å²) >= 11 is 0. The van der Waals surface area contributed by atoms with E-state index in [9.17, 15) is 4.79 Å². The highest BCUT2D eigenvalue weighted by Gasteiger charge is 2.11. The molecule has 4 heteroatoms. The van der Waals surface area contributed by atoms with Crippen molar-refractivity contribution < 1.29 is 4.79 Å². The molecule has 114 valence electrons. The van der Waals surface area contributed by atoms with Gasteiger partial charge in [0.1, 0.15) is 5.69 Å². The molecule has 0 saturated heterocycles. The van der Waals surface area contributed by atoms with E-state index in [0.717, 1.165) is 29.7 Å². The molecule has 2 heterocycles. The van der Waals surface area contributed by atoms with Crippen molar-refractivity contribution in [2.75, 3.05) is 5.32 Å². The van der Waals surface area contributed by atoms with Gasteiger partial charge in [-0.25, -0.2) is 0 Å². The van der Waals surface area contributed by atoms with Crippen LogP contribution < -0.4 is 5.32 Å². The summed E-state index contributed by atoms with van der Waals surface area (Å²) in [6.45, 7) is 5.17. The zero-order valence-corrected chi connectivity index (χ0v) is 13.3. The maximum absolute atomic E-state index is 12.4. The van der Waals surface area contributed by atoms with Crippen molar-refractivity contribution in [1.82, 2.24) is 9.13 Å². The summed E-state index contributed by atoms with van der Waals surface area (Å²) in [7, 11) is 1.90. The molecular weight excluding hydrogens is 274 g/mol. The van der Waals surface area contributed by atoms with Crippen molar-refractivity contribution in [3.05, 3.63) is 54.0 Å². The van der Waals surface area contributed by atoms with Crippen LogP contribution in [0.15, 0.2) is 42.6 Å². The van der Waals surface area contributed by atoms with Crippen molar-refractivity contribution >= 4 is 22.5 Å². The zero-order chi connectivity index (χ0) is 15.7. The van der Waals surface area contributed by atoms with Gasteiger partial charge < -0.3 is 14.5 Å². The first-order chi connectivity index (χ1) is 10.6. The lowest BCUT2D eigenvalue weighted by Gasteiger charge is -2.08. The van der Waals surface area contributed by atoms with Crippen molar-refractivity contribution in [2.24, 2.45) is 7.05 Å². The van der Waals surface area contributed by atoms with E-state index in [-0.39, 0.29) is 5.91 Å². The molecule has 22 heavy (non-hydrogen) atoms. The van der Waals surface area contributed by atoms with Crippen LogP contribution in [0.5, 0.6) is 0 Å². The Morgan fingerprint density at radius 1 is 1.18 bits per heavy atom. The third-order valence-corrected chi connectivity index (χ3v) is 4.10. The molecule has 0 aliphatic rings. The number of anilines is 1. The molecule has 0 saturated carbocycles. The van der Waals surface area contributed by atoms with E-state index in [1.165, 1.54) is 5.52 Å². The normalized spacial score (nSPS) is 11.0. The zero-order valence-electron chi connectivity index (χ0n) is 13.3. The highest BCUT2D eigenvalue weighted by atomic mass is 16.1. The lowest BCUT2D eigenvalue weighted by molar-refractivity contribution is 0.101. The van der Waals surface area contributed by atoms with Crippen molar-refractivity contribution in [3.8, 4) is 0 Å². The number of carbonyl (C=O) groups is 1. The molecule has 0 atom stereocenters. The van der Waals surface area contributed by atoms with E-state index >= 15 is 0 Å². The molecule has 3 aromatic rings. The number of amides is 1. The fraction of sp³-hybridized carbons (Fsp3) is 0.278. The van der Waals surface area contributed by atoms with E-state index in [0.29, 0.717) is 5.69 Å². The molecule has 0 aliphatic heterocycles. The average Bonchev–Trinajstić information content (AvgIpc) is 3.04. The standard InChI is InChI=1S/C18H21N3O/c1-4-10-21-11-9-14-12-15(6-8-16(14)21)19-18(22)17-7-5-13(2)20(17)3/h5-9,11-12H,4,10H2,1-3H3,(H,19,22). The minimum atomic E-state index is -0.0806. The van der Waals surface area contributed by atoms with Gasteiger partial charge >= 0.3 is 0 Å². The second kappa shape index (κ2) is 5.72. The van der Waals surface area contributed by atoms with Crippen LogP contribution in [0.2, 0.25) is 0 Å². The van der Waals surface area contributed by atoms with Gasteiger partial charge in [-0.15, -0.1) is 0 Å². The predicted octanol–water partition coefficient (Wildman–Crippen LogP) is 3.95. The third-order valence-electron chi connectivity index (χ3n) is 4.10. The number of hydrogen-bond acceptors (Lipinski definition) is 1. The molecule has 0 unspecified atom stereocenters. The van der Waals surface area contributed by atoms with Crippen LogP contribution in [0.1, 0.15) is 29.5 Å². The summed E-state index contributed by atoms with van der Waals surface area (Å²) in [4.78, 5) is 12.4. The van der Waals surface area contributed by atoms with E-state index in [1.807, 2.05) is 42.8 Å². The van der Waals surface area contributed by atoms with Gasteiger partial charge in [0.15, 0.2) is 0 Å². The first kappa shape index (κ1) is 14.4. The van der Waals surface area contributed by atoms with Gasteiger partial charge in [-0.3, -0.25) is 4.79 Å². The topological polar surface area (TPSA) is 39.0 Å². The fourth-order valence-corrected chi connectivity index (χ4v) is 2.75. The number of rotatable bonds is 4. The Labute approximate surface area is 130 Å². The van der Waals surface area contributed by atoms with E-state index in [1.54, 1.807) is 0 Å². The van der Waals surface area contributed by atoms with Crippen LogP contribution in [0.25, 0.3) is 10.9 Å². The van der Waals surface area contributed by atoms with Gasteiger partial charge in [0.2, 0.25) is 0 Å². The Hall–Kier alpha value is -2.49. The number of aryl methyl sites for hydroxylation is 2. The molecular formula is C18H21N3O. The minimum absolute atomic E-state index is 0.0806. The highest BCUT2D eigenvalue weighted by Crippen LogP contribution is 2.21. The maximum atomic E-state index is 12.4. The smallest absolute Gasteiger partial charge is 0.272 e. The number of carbonyl (C=O) groups excluding carboxylic acids is 1. The fourth-order valence-electron chi connectivity index (χ4n) is 2.75. The van der Waals surface area contributed by atoms with Crippen LogP contribution in [-0.4, -0.2) is 15.0 Å². The van der Waals surface area contributed by atoms with E-state index in [2.05, 4.69) is 35.1 Å². The summed E-state index contributed by atoms with van der Waals surface area (Å²) in [6, 6.07) is 11.9. The van der Waals surface area contributed by atoms with Gasteiger partial charge in [0, 0.05) is 42.1 Å². The molecule has 2 aromatic heterocycles. The summed E-state index contributed by atoms with van der Waals surface area (Å²) < 4.78 is 4.13.